The number of methoxy groups -OCH3 is 1. The fourth-order valence-electron chi connectivity index (χ4n) is 9.12. The van der Waals surface area contributed by atoms with E-state index in [-0.39, 0.29) is 52.7 Å². The van der Waals surface area contributed by atoms with Crippen LogP contribution < -0.4 is 0 Å². The third-order valence-electron chi connectivity index (χ3n) is 10.6. The first-order valence-electron chi connectivity index (χ1n) is 12.5. The van der Waals surface area contributed by atoms with Crippen LogP contribution in [-0.2, 0) is 28.5 Å². The largest absolute Gasteiger partial charge is 0.469 e. The molecule has 6 rings (SSSR count). The fourth-order valence-corrected chi connectivity index (χ4v) is 9.12. The number of hydrogen-bond donors (Lipinski definition) is 0. The lowest BCUT2D eigenvalue weighted by Gasteiger charge is -2.60. The van der Waals surface area contributed by atoms with E-state index in [1.807, 2.05) is 6.92 Å². The molecule has 180 valence electrons. The molecule has 2 unspecified atom stereocenters. The number of esters is 1. The topological polar surface area (TPSA) is 71.1 Å². The SMILES string of the molecule is COC(=O)C[C@H]1[C@]2(C)C3=C(C)[C@H](C4CCOC4)C[C@H]3O[C@@H]2[C@@H]2OC[C@]3(C)C(=O)C=C[C@@]1(C)C23. The smallest absolute Gasteiger partial charge is 0.305 e. The Balaban J connectivity index is 1.51. The molecule has 0 spiro atoms. The Kier molecular flexibility index (Phi) is 4.68. The van der Waals surface area contributed by atoms with Gasteiger partial charge in [-0.25, -0.2) is 0 Å². The Hall–Kier alpha value is -1.50. The van der Waals surface area contributed by atoms with Crippen LogP contribution in [0.3, 0.4) is 0 Å². The zero-order valence-corrected chi connectivity index (χ0v) is 20.4. The second-order valence-corrected chi connectivity index (χ2v) is 12.0. The number of carbonyl (C=O) groups is 2. The van der Waals surface area contributed by atoms with Gasteiger partial charge in [-0.1, -0.05) is 25.5 Å². The highest BCUT2D eigenvalue weighted by Crippen LogP contribution is 2.71. The third kappa shape index (κ3) is 2.61. The molecule has 0 N–H and O–H groups in total. The van der Waals surface area contributed by atoms with Crippen LogP contribution in [0, 0.1) is 39.9 Å². The maximum absolute atomic E-state index is 13.0. The Bertz CT molecular complexity index is 962. The van der Waals surface area contributed by atoms with Gasteiger partial charge in [-0.3, -0.25) is 9.59 Å². The van der Waals surface area contributed by atoms with Gasteiger partial charge in [0.25, 0.3) is 0 Å². The molecule has 3 heterocycles. The Morgan fingerprint density at radius 2 is 2.06 bits per heavy atom. The summed E-state index contributed by atoms with van der Waals surface area (Å²) in [4.78, 5) is 25.8. The van der Waals surface area contributed by atoms with Crippen molar-refractivity contribution in [1.29, 1.82) is 0 Å². The summed E-state index contributed by atoms with van der Waals surface area (Å²) in [5.74, 6) is 0.871. The van der Waals surface area contributed by atoms with E-state index < -0.39 is 5.41 Å². The monoisotopic (exact) mass is 456 g/mol. The molecule has 3 aliphatic heterocycles. The molecule has 6 heteroatoms. The fraction of sp³-hybridized carbons (Fsp3) is 0.778. The summed E-state index contributed by atoms with van der Waals surface area (Å²) in [5.41, 5.74) is 1.49. The van der Waals surface area contributed by atoms with Gasteiger partial charge in [0.05, 0.1) is 50.5 Å². The standard InChI is InChI=1S/C27H36O6/c1-14-16(15-7-9-31-12-15)10-17-21(14)27(4)18(11-20(29)30-5)25(2)8-6-19(28)26(3)13-32-22(23(25)26)24(27)33-17/h6,8,15-18,22-24H,7,9-13H2,1-5H3/t15?,16-,17-,18-,22-,23?,24-,25-,26-,27-/m1/s1. The molecule has 3 aliphatic carbocycles. The highest BCUT2D eigenvalue weighted by Gasteiger charge is 2.74. The Morgan fingerprint density at radius 3 is 2.76 bits per heavy atom. The van der Waals surface area contributed by atoms with E-state index in [4.69, 9.17) is 18.9 Å². The average molecular weight is 457 g/mol. The van der Waals surface area contributed by atoms with Gasteiger partial charge < -0.3 is 18.9 Å². The summed E-state index contributed by atoms with van der Waals surface area (Å²) >= 11 is 0. The predicted octanol–water partition coefficient (Wildman–Crippen LogP) is 3.49. The lowest BCUT2D eigenvalue weighted by molar-refractivity contribution is -0.178. The van der Waals surface area contributed by atoms with Crippen molar-refractivity contribution < 1.29 is 28.5 Å². The zero-order chi connectivity index (χ0) is 23.3. The van der Waals surface area contributed by atoms with Crippen LogP contribution in [0.15, 0.2) is 23.3 Å². The predicted molar refractivity (Wildman–Crippen MR) is 120 cm³/mol. The van der Waals surface area contributed by atoms with Crippen molar-refractivity contribution in [2.75, 3.05) is 26.9 Å². The van der Waals surface area contributed by atoms with E-state index in [0.29, 0.717) is 24.9 Å². The van der Waals surface area contributed by atoms with Crippen LogP contribution in [0.1, 0.15) is 47.0 Å². The van der Waals surface area contributed by atoms with E-state index in [0.717, 1.165) is 26.1 Å². The van der Waals surface area contributed by atoms with Crippen molar-refractivity contribution in [2.45, 2.75) is 65.3 Å². The van der Waals surface area contributed by atoms with Crippen molar-refractivity contribution in [1.82, 2.24) is 0 Å². The number of hydrogen-bond acceptors (Lipinski definition) is 6. The summed E-state index contributed by atoms with van der Waals surface area (Å²) in [5, 5.41) is 0. The molecular formula is C27H36O6. The highest BCUT2D eigenvalue weighted by atomic mass is 16.6. The minimum atomic E-state index is -0.585. The van der Waals surface area contributed by atoms with Crippen molar-refractivity contribution in [3.8, 4) is 0 Å². The lowest BCUT2D eigenvalue weighted by Crippen LogP contribution is -2.64. The quantitative estimate of drug-likeness (QED) is 0.478. The first kappa shape index (κ1) is 22.0. The number of ether oxygens (including phenoxy) is 4. The molecular weight excluding hydrogens is 420 g/mol. The van der Waals surface area contributed by atoms with Gasteiger partial charge in [0.2, 0.25) is 0 Å². The van der Waals surface area contributed by atoms with Crippen LogP contribution in [0.5, 0.6) is 0 Å². The highest BCUT2D eigenvalue weighted by molar-refractivity contribution is 5.96. The van der Waals surface area contributed by atoms with E-state index in [1.165, 1.54) is 18.3 Å². The van der Waals surface area contributed by atoms with Crippen molar-refractivity contribution in [3.63, 3.8) is 0 Å². The zero-order valence-electron chi connectivity index (χ0n) is 20.4. The molecule has 33 heavy (non-hydrogen) atoms. The number of allylic oxidation sites excluding steroid dienone is 3. The molecule has 1 saturated carbocycles. The van der Waals surface area contributed by atoms with Gasteiger partial charge in [-0.15, -0.1) is 0 Å². The molecule has 0 bridgehead atoms. The molecule has 4 fully saturated rings. The van der Waals surface area contributed by atoms with Crippen molar-refractivity contribution in [3.05, 3.63) is 23.3 Å². The van der Waals surface area contributed by atoms with E-state index in [9.17, 15) is 9.59 Å². The molecule has 0 aromatic rings. The number of fused-ring (bicyclic) bond motifs is 4. The summed E-state index contributed by atoms with van der Waals surface area (Å²) in [6.45, 7) is 10.9. The van der Waals surface area contributed by atoms with Gasteiger partial charge >= 0.3 is 5.97 Å². The van der Waals surface area contributed by atoms with Gasteiger partial charge in [-0.2, -0.15) is 0 Å². The first-order chi connectivity index (χ1) is 15.7. The van der Waals surface area contributed by atoms with Crippen LogP contribution in [0.4, 0.5) is 0 Å². The van der Waals surface area contributed by atoms with Gasteiger partial charge in [0.15, 0.2) is 5.78 Å². The van der Waals surface area contributed by atoms with Gasteiger partial charge in [0, 0.05) is 17.9 Å². The molecule has 0 radical (unpaired) electrons. The summed E-state index contributed by atoms with van der Waals surface area (Å²) in [6.07, 6.45) is 5.94. The molecule has 0 aromatic carbocycles. The number of ketones is 1. The van der Waals surface area contributed by atoms with Crippen LogP contribution in [0.2, 0.25) is 0 Å². The molecule has 6 nitrogen and oxygen atoms in total. The summed E-state index contributed by atoms with van der Waals surface area (Å²) < 4.78 is 24.3. The van der Waals surface area contributed by atoms with Gasteiger partial charge in [0.1, 0.15) is 0 Å². The van der Waals surface area contributed by atoms with Crippen molar-refractivity contribution in [2.24, 2.45) is 39.9 Å². The second kappa shape index (κ2) is 7.02. The van der Waals surface area contributed by atoms with Crippen LogP contribution >= 0.6 is 0 Å². The maximum atomic E-state index is 13.0. The maximum Gasteiger partial charge on any atom is 0.305 e. The number of rotatable bonds is 3. The van der Waals surface area contributed by atoms with Crippen LogP contribution in [0.25, 0.3) is 0 Å². The molecule has 10 atom stereocenters. The minimum Gasteiger partial charge on any atom is -0.469 e. The normalized spacial score (nSPS) is 52.2. The lowest BCUT2D eigenvalue weighted by atomic mass is 9.42. The summed E-state index contributed by atoms with van der Waals surface area (Å²) in [6, 6.07) is 0. The van der Waals surface area contributed by atoms with Crippen molar-refractivity contribution >= 4 is 11.8 Å². The minimum absolute atomic E-state index is 0.0195. The van der Waals surface area contributed by atoms with E-state index >= 15 is 0 Å². The Morgan fingerprint density at radius 1 is 1.27 bits per heavy atom. The molecule has 0 amide bonds. The summed E-state index contributed by atoms with van der Waals surface area (Å²) in [7, 11) is 1.46. The molecule has 3 saturated heterocycles. The van der Waals surface area contributed by atoms with Gasteiger partial charge in [-0.05, 0) is 61.5 Å². The van der Waals surface area contributed by atoms with E-state index in [2.05, 4.69) is 26.8 Å². The van der Waals surface area contributed by atoms with Crippen LogP contribution in [-0.4, -0.2) is 57.0 Å². The number of carbonyl (C=O) groups excluding carboxylic acids is 2. The van der Waals surface area contributed by atoms with E-state index in [1.54, 1.807) is 6.08 Å². The third-order valence-corrected chi connectivity index (χ3v) is 10.6. The average Bonchev–Trinajstić information content (AvgIpc) is 3.54. The second-order valence-electron chi connectivity index (χ2n) is 12.0. The molecule has 0 aromatic heterocycles. The first-order valence-corrected chi connectivity index (χ1v) is 12.5. The molecule has 6 aliphatic rings. The Labute approximate surface area is 196 Å².